The van der Waals surface area contributed by atoms with Crippen molar-refractivity contribution in [1.29, 1.82) is 0 Å². The Morgan fingerprint density at radius 3 is 2.21 bits per heavy atom. The molecular formula is C21H28N2O. The van der Waals surface area contributed by atoms with E-state index < -0.39 is 0 Å². The molecule has 128 valence electrons. The zero-order valence-electron chi connectivity index (χ0n) is 15.5. The summed E-state index contributed by atoms with van der Waals surface area (Å²) in [6.45, 7) is 12.3. The van der Waals surface area contributed by atoms with Crippen molar-refractivity contribution in [2.45, 2.75) is 53.0 Å². The number of carbonyl (C=O) groups is 1. The molecule has 3 heteroatoms. The van der Waals surface area contributed by atoms with Crippen molar-refractivity contribution < 1.29 is 4.79 Å². The number of hydrogen-bond acceptors (Lipinski definition) is 2. The molecule has 3 nitrogen and oxygen atoms in total. The molecule has 1 amide bonds. The highest BCUT2D eigenvalue weighted by Crippen LogP contribution is 2.27. The fraction of sp³-hybridized carbons (Fsp3) is 0.381. The largest absolute Gasteiger partial charge is 0.378 e. The summed E-state index contributed by atoms with van der Waals surface area (Å²) in [7, 11) is 0. The highest BCUT2D eigenvalue weighted by molar-refractivity contribution is 5.90. The average Bonchev–Trinajstić information content (AvgIpc) is 2.49. The minimum atomic E-state index is -0.0546. The van der Waals surface area contributed by atoms with Crippen LogP contribution in [0.5, 0.6) is 0 Å². The van der Waals surface area contributed by atoms with Gasteiger partial charge in [0, 0.05) is 24.3 Å². The van der Waals surface area contributed by atoms with Crippen LogP contribution in [0.1, 0.15) is 57.4 Å². The first-order valence-electron chi connectivity index (χ1n) is 8.42. The predicted molar refractivity (Wildman–Crippen MR) is 103 cm³/mol. The van der Waals surface area contributed by atoms with Crippen LogP contribution in [0.15, 0.2) is 42.5 Å². The van der Waals surface area contributed by atoms with Gasteiger partial charge in [0.2, 0.25) is 5.91 Å². The maximum absolute atomic E-state index is 11.3. The second-order valence-corrected chi connectivity index (χ2v) is 7.45. The minimum Gasteiger partial charge on any atom is -0.378 e. The van der Waals surface area contributed by atoms with Crippen LogP contribution < -0.4 is 10.6 Å². The van der Waals surface area contributed by atoms with E-state index >= 15 is 0 Å². The Labute approximate surface area is 145 Å². The Hall–Kier alpha value is -2.29. The Bertz CT molecular complexity index is 712. The molecule has 0 spiro atoms. The Kier molecular flexibility index (Phi) is 5.33. The maximum Gasteiger partial charge on any atom is 0.221 e. The Balaban J connectivity index is 2.14. The van der Waals surface area contributed by atoms with Crippen molar-refractivity contribution in [3.8, 4) is 0 Å². The van der Waals surface area contributed by atoms with Gasteiger partial charge in [-0.15, -0.1) is 0 Å². The van der Waals surface area contributed by atoms with Gasteiger partial charge in [-0.05, 0) is 48.1 Å². The van der Waals surface area contributed by atoms with Crippen LogP contribution in [0, 0.1) is 6.92 Å². The van der Waals surface area contributed by atoms with E-state index in [0.717, 1.165) is 16.9 Å². The molecule has 1 atom stereocenters. The predicted octanol–water partition coefficient (Wildman–Crippen LogP) is 5.42. The fourth-order valence-corrected chi connectivity index (χ4v) is 2.64. The number of rotatable bonds is 4. The highest BCUT2D eigenvalue weighted by atomic mass is 16.1. The van der Waals surface area contributed by atoms with Gasteiger partial charge in [-0.25, -0.2) is 0 Å². The molecule has 24 heavy (non-hydrogen) atoms. The molecule has 0 aliphatic rings. The summed E-state index contributed by atoms with van der Waals surface area (Å²) in [6.07, 6.45) is 0. The van der Waals surface area contributed by atoms with Crippen LogP contribution >= 0.6 is 0 Å². The molecular weight excluding hydrogens is 296 g/mol. The van der Waals surface area contributed by atoms with Gasteiger partial charge in [-0.2, -0.15) is 0 Å². The smallest absolute Gasteiger partial charge is 0.221 e. The normalized spacial score (nSPS) is 12.6. The van der Waals surface area contributed by atoms with Crippen molar-refractivity contribution in [3.05, 3.63) is 59.2 Å². The van der Waals surface area contributed by atoms with Gasteiger partial charge in [0.15, 0.2) is 0 Å². The lowest BCUT2D eigenvalue weighted by molar-refractivity contribution is -0.114. The number of carbonyl (C=O) groups excluding carboxylic acids is 1. The van der Waals surface area contributed by atoms with Crippen molar-refractivity contribution >= 4 is 17.3 Å². The van der Waals surface area contributed by atoms with Gasteiger partial charge in [0.1, 0.15) is 0 Å². The molecule has 1 unspecified atom stereocenters. The molecule has 0 aliphatic carbocycles. The summed E-state index contributed by atoms with van der Waals surface area (Å²) in [5.74, 6) is -0.0546. The second-order valence-electron chi connectivity index (χ2n) is 7.45. The minimum absolute atomic E-state index is 0.0546. The van der Waals surface area contributed by atoms with E-state index in [2.05, 4.69) is 62.6 Å². The van der Waals surface area contributed by atoms with Gasteiger partial charge in [-0.1, -0.05) is 51.1 Å². The second kappa shape index (κ2) is 7.08. The quantitative estimate of drug-likeness (QED) is 0.788. The first-order chi connectivity index (χ1) is 11.2. The third-order valence-electron chi connectivity index (χ3n) is 4.21. The molecule has 0 radical (unpaired) electrons. The van der Waals surface area contributed by atoms with Crippen molar-refractivity contribution in [2.75, 3.05) is 10.6 Å². The zero-order valence-corrected chi connectivity index (χ0v) is 15.5. The topological polar surface area (TPSA) is 41.1 Å². The van der Waals surface area contributed by atoms with Crippen molar-refractivity contribution in [1.82, 2.24) is 0 Å². The Morgan fingerprint density at radius 2 is 1.67 bits per heavy atom. The number of aryl methyl sites for hydroxylation is 1. The van der Waals surface area contributed by atoms with Crippen LogP contribution in [-0.4, -0.2) is 5.91 Å². The molecule has 2 N–H and O–H groups in total. The van der Waals surface area contributed by atoms with Crippen LogP contribution in [0.25, 0.3) is 0 Å². The fourth-order valence-electron chi connectivity index (χ4n) is 2.64. The lowest BCUT2D eigenvalue weighted by atomic mass is 9.86. The number of nitrogens with one attached hydrogen (secondary N) is 2. The molecule has 0 bridgehead atoms. The van der Waals surface area contributed by atoms with E-state index in [1.165, 1.54) is 18.1 Å². The standard InChI is InChI=1S/C21H28N2O/c1-14-7-12-19(13-20(14)23-16(3)24)22-15(2)17-8-10-18(11-9-17)21(4,5)6/h7-13,15,22H,1-6H3,(H,23,24). The van der Waals surface area contributed by atoms with Gasteiger partial charge >= 0.3 is 0 Å². The molecule has 0 saturated carbocycles. The third-order valence-corrected chi connectivity index (χ3v) is 4.21. The van der Waals surface area contributed by atoms with Crippen LogP contribution in [0.3, 0.4) is 0 Å². The summed E-state index contributed by atoms with van der Waals surface area (Å²) < 4.78 is 0. The average molecular weight is 324 g/mol. The number of hydrogen-bond donors (Lipinski definition) is 2. The van der Waals surface area contributed by atoms with Crippen molar-refractivity contribution in [2.24, 2.45) is 0 Å². The van der Waals surface area contributed by atoms with E-state index in [1.54, 1.807) is 0 Å². The molecule has 0 aromatic heterocycles. The summed E-state index contributed by atoms with van der Waals surface area (Å²) in [5, 5.41) is 6.38. The summed E-state index contributed by atoms with van der Waals surface area (Å²) in [6, 6.07) is 15.0. The maximum atomic E-state index is 11.3. The number of benzene rings is 2. The summed E-state index contributed by atoms with van der Waals surface area (Å²) in [5.41, 5.74) is 5.64. The van der Waals surface area contributed by atoms with Crippen LogP contribution in [0.2, 0.25) is 0 Å². The van der Waals surface area contributed by atoms with E-state index in [1.807, 2.05) is 25.1 Å². The summed E-state index contributed by atoms with van der Waals surface area (Å²) in [4.78, 5) is 11.3. The molecule has 0 saturated heterocycles. The highest BCUT2D eigenvalue weighted by Gasteiger charge is 2.14. The van der Waals surface area contributed by atoms with Gasteiger partial charge in [0.25, 0.3) is 0 Å². The Morgan fingerprint density at radius 1 is 1.04 bits per heavy atom. The number of amides is 1. The molecule has 2 aromatic carbocycles. The monoisotopic (exact) mass is 324 g/mol. The molecule has 0 heterocycles. The van der Waals surface area contributed by atoms with E-state index in [-0.39, 0.29) is 17.4 Å². The number of anilines is 2. The third kappa shape index (κ3) is 4.60. The first-order valence-corrected chi connectivity index (χ1v) is 8.42. The van der Waals surface area contributed by atoms with Crippen molar-refractivity contribution in [3.63, 3.8) is 0 Å². The van der Waals surface area contributed by atoms with Crippen LogP contribution in [-0.2, 0) is 10.2 Å². The van der Waals surface area contributed by atoms with Gasteiger partial charge in [-0.3, -0.25) is 4.79 Å². The SMILES string of the molecule is CC(=O)Nc1cc(NC(C)c2ccc(C(C)(C)C)cc2)ccc1C. The molecule has 0 aliphatic heterocycles. The van der Waals surface area contributed by atoms with E-state index in [4.69, 9.17) is 0 Å². The lowest BCUT2D eigenvalue weighted by Crippen LogP contribution is -2.12. The van der Waals surface area contributed by atoms with Gasteiger partial charge < -0.3 is 10.6 Å². The van der Waals surface area contributed by atoms with E-state index in [9.17, 15) is 4.79 Å². The first kappa shape index (κ1) is 18.1. The molecule has 0 fully saturated rings. The summed E-state index contributed by atoms with van der Waals surface area (Å²) >= 11 is 0. The lowest BCUT2D eigenvalue weighted by Gasteiger charge is -2.21. The van der Waals surface area contributed by atoms with Crippen LogP contribution in [0.4, 0.5) is 11.4 Å². The molecule has 2 aromatic rings. The molecule has 2 rings (SSSR count). The van der Waals surface area contributed by atoms with Gasteiger partial charge in [0.05, 0.1) is 0 Å². The van der Waals surface area contributed by atoms with E-state index in [0.29, 0.717) is 0 Å². The zero-order chi connectivity index (χ0) is 17.9.